The first-order valence-corrected chi connectivity index (χ1v) is 8.92. The van der Waals surface area contributed by atoms with Crippen LogP contribution in [0.15, 0.2) is 30.3 Å². The zero-order valence-corrected chi connectivity index (χ0v) is 15.6. The summed E-state index contributed by atoms with van der Waals surface area (Å²) in [5.74, 6) is -2.06. The summed E-state index contributed by atoms with van der Waals surface area (Å²) < 4.78 is 0. The van der Waals surface area contributed by atoms with Gasteiger partial charge in [0, 0.05) is 14.1 Å². The molecule has 0 aliphatic heterocycles. The molecular formula is C19H26N4O4. The van der Waals surface area contributed by atoms with Crippen molar-refractivity contribution in [1.82, 2.24) is 15.5 Å². The van der Waals surface area contributed by atoms with E-state index in [4.69, 9.17) is 5.73 Å². The standard InChI is InChI=1S/C19H26N4O4/c1-23(2)19(27)16(13-6-4-3-5-7-13)22-15(24)11-21-18(26)17(25)14(20)10-12-8-9-12/h3-7,12,14,16H,8-11,20H2,1-2H3,(H,21,26)(H,22,24). The van der Waals surface area contributed by atoms with E-state index in [9.17, 15) is 19.2 Å². The molecule has 3 amide bonds. The fourth-order valence-electron chi connectivity index (χ4n) is 2.64. The molecule has 0 heterocycles. The number of carbonyl (C=O) groups excluding carboxylic acids is 4. The number of nitrogens with two attached hydrogens (primary N) is 1. The van der Waals surface area contributed by atoms with Crippen molar-refractivity contribution in [3.63, 3.8) is 0 Å². The van der Waals surface area contributed by atoms with Crippen LogP contribution in [0.5, 0.6) is 0 Å². The quantitative estimate of drug-likeness (QED) is 0.514. The fraction of sp³-hybridized carbons (Fsp3) is 0.474. The molecule has 2 atom stereocenters. The predicted molar refractivity (Wildman–Crippen MR) is 99.4 cm³/mol. The molecule has 1 saturated carbocycles. The van der Waals surface area contributed by atoms with E-state index in [2.05, 4.69) is 10.6 Å². The Hall–Kier alpha value is -2.74. The maximum Gasteiger partial charge on any atom is 0.289 e. The van der Waals surface area contributed by atoms with E-state index >= 15 is 0 Å². The van der Waals surface area contributed by atoms with Crippen LogP contribution in [0.1, 0.15) is 30.9 Å². The van der Waals surface area contributed by atoms with Crippen molar-refractivity contribution in [2.75, 3.05) is 20.6 Å². The molecule has 2 rings (SSSR count). The van der Waals surface area contributed by atoms with Gasteiger partial charge in [-0.25, -0.2) is 0 Å². The number of amides is 3. The SMILES string of the molecule is CN(C)C(=O)C(NC(=O)CNC(=O)C(=O)C(N)CC1CC1)c1ccccc1. The Bertz CT molecular complexity index is 701. The maximum atomic E-state index is 12.4. The highest BCUT2D eigenvalue weighted by Gasteiger charge is 2.30. The summed E-state index contributed by atoms with van der Waals surface area (Å²) in [6.45, 7) is -0.412. The Morgan fingerprint density at radius 2 is 1.78 bits per heavy atom. The van der Waals surface area contributed by atoms with E-state index in [1.54, 1.807) is 44.4 Å². The van der Waals surface area contributed by atoms with Crippen molar-refractivity contribution in [2.24, 2.45) is 11.7 Å². The molecule has 8 heteroatoms. The van der Waals surface area contributed by atoms with Gasteiger partial charge in [-0.15, -0.1) is 0 Å². The van der Waals surface area contributed by atoms with Crippen LogP contribution >= 0.6 is 0 Å². The second kappa shape index (κ2) is 9.27. The van der Waals surface area contributed by atoms with Crippen molar-refractivity contribution >= 4 is 23.5 Å². The molecule has 8 nitrogen and oxygen atoms in total. The lowest BCUT2D eigenvalue weighted by molar-refractivity contribution is -0.139. The van der Waals surface area contributed by atoms with Gasteiger partial charge in [0.25, 0.3) is 5.91 Å². The van der Waals surface area contributed by atoms with Crippen LogP contribution in [0.4, 0.5) is 0 Å². The first-order chi connectivity index (χ1) is 12.8. The molecule has 0 saturated heterocycles. The zero-order valence-electron chi connectivity index (χ0n) is 15.6. The third-order valence-electron chi connectivity index (χ3n) is 4.38. The Morgan fingerprint density at radius 3 is 2.33 bits per heavy atom. The average Bonchev–Trinajstić information content (AvgIpc) is 3.47. The number of hydrogen-bond donors (Lipinski definition) is 3. The third kappa shape index (κ3) is 6.18. The zero-order chi connectivity index (χ0) is 20.0. The Kier molecular flexibility index (Phi) is 7.06. The van der Waals surface area contributed by atoms with Gasteiger partial charge < -0.3 is 21.3 Å². The fourth-order valence-corrected chi connectivity index (χ4v) is 2.64. The van der Waals surface area contributed by atoms with Gasteiger partial charge in [-0.2, -0.15) is 0 Å². The van der Waals surface area contributed by atoms with Crippen molar-refractivity contribution < 1.29 is 19.2 Å². The number of nitrogens with zero attached hydrogens (tertiary/aromatic N) is 1. The normalized spacial score (nSPS) is 15.4. The highest BCUT2D eigenvalue weighted by Crippen LogP contribution is 2.33. The first-order valence-electron chi connectivity index (χ1n) is 8.92. The summed E-state index contributed by atoms with van der Waals surface area (Å²) in [6, 6.07) is 7.07. The monoisotopic (exact) mass is 374 g/mol. The molecule has 2 unspecified atom stereocenters. The molecular weight excluding hydrogens is 348 g/mol. The van der Waals surface area contributed by atoms with Crippen molar-refractivity contribution in [2.45, 2.75) is 31.3 Å². The number of hydrogen-bond acceptors (Lipinski definition) is 5. The molecule has 4 N–H and O–H groups in total. The Morgan fingerprint density at radius 1 is 1.15 bits per heavy atom. The minimum absolute atomic E-state index is 0.302. The molecule has 1 aliphatic carbocycles. The maximum absolute atomic E-state index is 12.4. The van der Waals surface area contributed by atoms with Crippen LogP contribution < -0.4 is 16.4 Å². The van der Waals surface area contributed by atoms with E-state index in [1.807, 2.05) is 0 Å². The van der Waals surface area contributed by atoms with Gasteiger partial charge in [-0.1, -0.05) is 43.2 Å². The van der Waals surface area contributed by atoms with Crippen LogP contribution in [-0.4, -0.2) is 55.1 Å². The third-order valence-corrected chi connectivity index (χ3v) is 4.38. The van der Waals surface area contributed by atoms with Crippen LogP contribution in [-0.2, 0) is 19.2 Å². The average molecular weight is 374 g/mol. The summed E-state index contributed by atoms with van der Waals surface area (Å²) >= 11 is 0. The van der Waals surface area contributed by atoms with Gasteiger partial charge >= 0.3 is 0 Å². The number of nitrogens with one attached hydrogen (secondary N) is 2. The van der Waals surface area contributed by atoms with Crippen molar-refractivity contribution in [1.29, 1.82) is 0 Å². The highest BCUT2D eigenvalue weighted by atomic mass is 16.2. The molecule has 0 aromatic heterocycles. The van der Waals surface area contributed by atoms with Gasteiger partial charge in [0.05, 0.1) is 12.6 Å². The van der Waals surface area contributed by atoms with Gasteiger partial charge in [-0.05, 0) is 17.9 Å². The van der Waals surface area contributed by atoms with E-state index in [-0.39, 0.29) is 5.91 Å². The largest absolute Gasteiger partial charge is 0.347 e. The second-order valence-electron chi connectivity index (χ2n) is 6.98. The molecule has 27 heavy (non-hydrogen) atoms. The summed E-state index contributed by atoms with van der Waals surface area (Å²) in [4.78, 5) is 49.8. The molecule has 1 aromatic carbocycles. The number of Topliss-reactive ketones (excluding diaryl/α,β-unsaturated/α-hetero) is 1. The van der Waals surface area contributed by atoms with Gasteiger partial charge in [-0.3, -0.25) is 19.2 Å². The number of ketones is 1. The number of rotatable bonds is 9. The lowest BCUT2D eigenvalue weighted by Gasteiger charge is -2.22. The highest BCUT2D eigenvalue weighted by molar-refractivity contribution is 6.38. The van der Waals surface area contributed by atoms with E-state index < -0.39 is 36.2 Å². The summed E-state index contributed by atoms with van der Waals surface area (Å²) in [7, 11) is 3.18. The second-order valence-corrected chi connectivity index (χ2v) is 6.98. The van der Waals surface area contributed by atoms with Gasteiger partial charge in [0.1, 0.15) is 6.04 Å². The van der Waals surface area contributed by atoms with Crippen LogP contribution in [0, 0.1) is 5.92 Å². The summed E-state index contributed by atoms with van der Waals surface area (Å²) in [5, 5.41) is 4.87. The van der Waals surface area contributed by atoms with Gasteiger partial charge in [0.2, 0.25) is 17.6 Å². The van der Waals surface area contributed by atoms with E-state index in [1.165, 1.54) is 4.90 Å². The Balaban J connectivity index is 1.90. The number of benzene rings is 1. The lowest BCUT2D eigenvalue weighted by atomic mass is 10.1. The van der Waals surface area contributed by atoms with E-state index in [0.717, 1.165) is 12.8 Å². The van der Waals surface area contributed by atoms with Crippen molar-refractivity contribution in [3.05, 3.63) is 35.9 Å². The van der Waals surface area contributed by atoms with Crippen LogP contribution in [0.2, 0.25) is 0 Å². The number of carbonyl (C=O) groups is 4. The smallest absolute Gasteiger partial charge is 0.289 e. The number of likely N-dealkylation sites (N-methyl/N-ethyl adjacent to an activating group) is 1. The first kappa shape index (κ1) is 20.6. The topological polar surface area (TPSA) is 122 Å². The summed E-state index contributed by atoms with van der Waals surface area (Å²) in [5.41, 5.74) is 6.36. The Labute approximate surface area is 158 Å². The molecule has 0 spiro atoms. The molecule has 1 aliphatic rings. The van der Waals surface area contributed by atoms with E-state index in [0.29, 0.717) is 17.9 Å². The molecule has 1 aromatic rings. The molecule has 146 valence electrons. The molecule has 0 bridgehead atoms. The minimum atomic E-state index is -0.881. The van der Waals surface area contributed by atoms with Crippen LogP contribution in [0.3, 0.4) is 0 Å². The molecule has 1 fully saturated rings. The minimum Gasteiger partial charge on any atom is -0.347 e. The predicted octanol–water partition coefficient (Wildman–Crippen LogP) is -0.255. The summed E-state index contributed by atoms with van der Waals surface area (Å²) in [6.07, 6.45) is 2.56. The van der Waals surface area contributed by atoms with Crippen molar-refractivity contribution in [3.8, 4) is 0 Å². The molecule has 0 radical (unpaired) electrons. The van der Waals surface area contributed by atoms with Gasteiger partial charge in [0.15, 0.2) is 0 Å². The lowest BCUT2D eigenvalue weighted by Crippen LogP contribution is -2.47. The van der Waals surface area contributed by atoms with Crippen LogP contribution in [0.25, 0.3) is 0 Å².